The number of allylic oxidation sites excluding steroid dienone is 1. The average Bonchev–Trinajstić information content (AvgIpc) is 2.54. The van der Waals surface area contributed by atoms with Gasteiger partial charge in [0, 0.05) is 27.2 Å². The highest BCUT2D eigenvalue weighted by molar-refractivity contribution is 7.89. The van der Waals surface area contributed by atoms with Gasteiger partial charge in [-0.2, -0.15) is 0 Å². The average molecular weight is 353 g/mol. The van der Waals surface area contributed by atoms with Gasteiger partial charge in [-0.15, -0.1) is 6.58 Å². The normalized spacial score (nSPS) is 12.0. The number of hydrogen-bond donors (Lipinski definition) is 2. The van der Waals surface area contributed by atoms with Crippen molar-refractivity contribution in [1.82, 2.24) is 10.2 Å². The lowest BCUT2D eigenvalue weighted by atomic mass is 10.2. The summed E-state index contributed by atoms with van der Waals surface area (Å²) in [5.74, 6) is 0.778. The van der Waals surface area contributed by atoms with Gasteiger partial charge < -0.3 is 10.2 Å². The van der Waals surface area contributed by atoms with Crippen LogP contribution in [0.25, 0.3) is 0 Å². The van der Waals surface area contributed by atoms with Crippen LogP contribution in [0.2, 0.25) is 0 Å². The second-order valence-electron chi connectivity index (χ2n) is 5.65. The molecule has 0 aromatic heterocycles. The fourth-order valence-corrected chi connectivity index (χ4v) is 2.90. The second-order valence-corrected chi connectivity index (χ2v) is 7.21. The predicted octanol–water partition coefficient (Wildman–Crippen LogP) is 2.09. The van der Waals surface area contributed by atoms with Gasteiger partial charge in [0.25, 0.3) is 0 Å². The highest BCUT2D eigenvalue weighted by Crippen LogP contribution is 2.09. The Bertz CT molecular complexity index is 656. The maximum absolute atomic E-state index is 11.4. The highest BCUT2D eigenvalue weighted by atomic mass is 32.2. The number of nitrogens with one attached hydrogen (secondary N) is 1. The zero-order valence-electron chi connectivity index (χ0n) is 14.5. The van der Waals surface area contributed by atoms with E-state index in [-0.39, 0.29) is 4.90 Å². The Hall–Kier alpha value is -1.86. The van der Waals surface area contributed by atoms with Crippen molar-refractivity contribution < 1.29 is 8.42 Å². The quantitative estimate of drug-likeness (QED) is 0.308. The Balaban J connectivity index is 2.53. The van der Waals surface area contributed by atoms with Crippen molar-refractivity contribution in [3.8, 4) is 0 Å². The van der Waals surface area contributed by atoms with Crippen LogP contribution in [-0.4, -0.2) is 39.9 Å². The van der Waals surface area contributed by atoms with Gasteiger partial charge in [-0.3, -0.25) is 4.99 Å². The number of aliphatic imine (C=N–C) groups is 1. The molecule has 0 unspecified atom stereocenters. The minimum atomic E-state index is -3.68. The van der Waals surface area contributed by atoms with E-state index >= 15 is 0 Å². The molecule has 1 rings (SSSR count). The van der Waals surface area contributed by atoms with Crippen LogP contribution in [-0.2, 0) is 16.6 Å². The van der Waals surface area contributed by atoms with Gasteiger partial charge in [-0.05, 0) is 37.0 Å². The monoisotopic (exact) mass is 352 g/mol. The molecule has 1 aromatic rings. The summed E-state index contributed by atoms with van der Waals surface area (Å²) >= 11 is 0. The van der Waals surface area contributed by atoms with Crippen LogP contribution in [0.15, 0.2) is 46.8 Å². The molecule has 0 bridgehead atoms. The zero-order valence-corrected chi connectivity index (χ0v) is 15.3. The number of primary sulfonamides is 1. The zero-order chi connectivity index (χ0) is 18.0. The molecule has 0 aliphatic heterocycles. The first-order valence-electron chi connectivity index (χ1n) is 8.03. The third kappa shape index (κ3) is 7.14. The number of unbranched alkanes of at least 4 members (excludes halogenated alkanes) is 3. The maximum atomic E-state index is 11.4. The molecule has 0 saturated carbocycles. The van der Waals surface area contributed by atoms with Gasteiger partial charge in [0.05, 0.1) is 4.90 Å². The molecule has 0 heterocycles. The Morgan fingerprint density at radius 3 is 2.75 bits per heavy atom. The molecule has 0 amide bonds. The molecule has 7 heteroatoms. The van der Waals surface area contributed by atoms with Gasteiger partial charge in [0.15, 0.2) is 5.96 Å². The number of rotatable bonds is 9. The van der Waals surface area contributed by atoms with Gasteiger partial charge >= 0.3 is 0 Å². The summed E-state index contributed by atoms with van der Waals surface area (Å²) in [6.07, 6.45) is 6.40. The fraction of sp³-hybridized carbons (Fsp3) is 0.471. The minimum Gasteiger partial charge on any atom is -0.352 e. The SMILES string of the molecule is C=CCCCCCN(C)C(=NC)NCc1cccc(S(N)(=O)=O)c1. The van der Waals surface area contributed by atoms with Crippen LogP contribution in [0.1, 0.15) is 31.2 Å². The largest absolute Gasteiger partial charge is 0.352 e. The molecular formula is C17H28N4O2S. The fourth-order valence-electron chi connectivity index (χ4n) is 2.32. The second kappa shape index (κ2) is 10.1. The summed E-state index contributed by atoms with van der Waals surface area (Å²) in [5, 5.41) is 8.40. The molecule has 0 saturated heterocycles. The summed E-state index contributed by atoms with van der Waals surface area (Å²) in [6, 6.07) is 6.60. The standard InChI is InChI=1S/C17H28N4O2S/c1-4-5-6-7-8-12-21(3)17(19-2)20-14-15-10-9-11-16(13-15)24(18,22)23/h4,9-11,13H,1,5-8,12,14H2,2-3H3,(H,19,20)(H2,18,22,23). The van der Waals surface area contributed by atoms with Gasteiger partial charge in [-0.25, -0.2) is 13.6 Å². The van der Waals surface area contributed by atoms with E-state index < -0.39 is 10.0 Å². The van der Waals surface area contributed by atoms with E-state index in [2.05, 4.69) is 21.8 Å². The van der Waals surface area contributed by atoms with Crippen LogP contribution in [0.3, 0.4) is 0 Å². The molecule has 0 aliphatic rings. The molecule has 1 aromatic carbocycles. The molecule has 6 nitrogen and oxygen atoms in total. The first-order chi connectivity index (χ1) is 11.4. The first kappa shape index (κ1) is 20.2. The molecule has 0 aliphatic carbocycles. The molecule has 24 heavy (non-hydrogen) atoms. The Labute approximate surface area is 145 Å². The third-order valence-electron chi connectivity index (χ3n) is 3.65. The van der Waals surface area contributed by atoms with Crippen LogP contribution >= 0.6 is 0 Å². The van der Waals surface area contributed by atoms with E-state index in [1.807, 2.05) is 19.2 Å². The van der Waals surface area contributed by atoms with Crippen molar-refractivity contribution in [2.45, 2.75) is 37.1 Å². The Morgan fingerprint density at radius 2 is 2.12 bits per heavy atom. The van der Waals surface area contributed by atoms with E-state index in [0.717, 1.165) is 43.8 Å². The molecule has 0 fully saturated rings. The Morgan fingerprint density at radius 1 is 1.38 bits per heavy atom. The molecule has 0 radical (unpaired) electrons. The number of nitrogens with zero attached hydrogens (tertiary/aromatic N) is 2. The van der Waals surface area contributed by atoms with Crippen LogP contribution in [0.4, 0.5) is 0 Å². The summed E-state index contributed by atoms with van der Waals surface area (Å²) in [6.45, 7) is 5.12. The van der Waals surface area contributed by atoms with Gasteiger partial charge in [-0.1, -0.05) is 24.6 Å². The Kier molecular flexibility index (Phi) is 8.49. The number of hydrogen-bond acceptors (Lipinski definition) is 3. The number of benzene rings is 1. The van der Waals surface area contributed by atoms with E-state index in [1.165, 1.54) is 6.07 Å². The van der Waals surface area contributed by atoms with Crippen molar-refractivity contribution in [1.29, 1.82) is 0 Å². The molecular weight excluding hydrogens is 324 g/mol. The summed E-state index contributed by atoms with van der Waals surface area (Å²) in [7, 11) is 0.0421. The van der Waals surface area contributed by atoms with Crippen molar-refractivity contribution >= 4 is 16.0 Å². The van der Waals surface area contributed by atoms with Gasteiger partial charge in [0.2, 0.25) is 10.0 Å². The van der Waals surface area contributed by atoms with E-state index in [9.17, 15) is 8.42 Å². The summed E-state index contributed by atoms with van der Waals surface area (Å²) < 4.78 is 22.8. The van der Waals surface area contributed by atoms with E-state index in [0.29, 0.717) is 6.54 Å². The van der Waals surface area contributed by atoms with Crippen molar-refractivity contribution in [2.75, 3.05) is 20.6 Å². The first-order valence-corrected chi connectivity index (χ1v) is 9.57. The van der Waals surface area contributed by atoms with Crippen molar-refractivity contribution in [2.24, 2.45) is 10.1 Å². The lowest BCUT2D eigenvalue weighted by Gasteiger charge is -2.22. The van der Waals surface area contributed by atoms with Crippen molar-refractivity contribution in [3.05, 3.63) is 42.5 Å². The smallest absolute Gasteiger partial charge is 0.238 e. The summed E-state index contributed by atoms with van der Waals surface area (Å²) in [5.41, 5.74) is 0.835. The number of guanidine groups is 1. The highest BCUT2D eigenvalue weighted by Gasteiger charge is 2.09. The van der Waals surface area contributed by atoms with E-state index in [1.54, 1.807) is 19.2 Å². The van der Waals surface area contributed by atoms with Crippen LogP contribution in [0.5, 0.6) is 0 Å². The van der Waals surface area contributed by atoms with Crippen LogP contribution in [0, 0.1) is 0 Å². The third-order valence-corrected chi connectivity index (χ3v) is 4.56. The lowest BCUT2D eigenvalue weighted by molar-refractivity contribution is 0.455. The number of nitrogens with two attached hydrogens (primary N) is 1. The predicted molar refractivity (Wildman–Crippen MR) is 99.3 cm³/mol. The molecule has 0 spiro atoms. The van der Waals surface area contributed by atoms with Crippen LogP contribution < -0.4 is 10.5 Å². The van der Waals surface area contributed by atoms with Crippen molar-refractivity contribution in [3.63, 3.8) is 0 Å². The molecule has 134 valence electrons. The minimum absolute atomic E-state index is 0.118. The lowest BCUT2D eigenvalue weighted by Crippen LogP contribution is -2.39. The molecule has 3 N–H and O–H groups in total. The maximum Gasteiger partial charge on any atom is 0.238 e. The van der Waals surface area contributed by atoms with E-state index in [4.69, 9.17) is 5.14 Å². The van der Waals surface area contributed by atoms with Gasteiger partial charge in [0.1, 0.15) is 0 Å². The molecule has 0 atom stereocenters. The number of sulfonamides is 1. The topological polar surface area (TPSA) is 87.8 Å². The summed E-state index contributed by atoms with van der Waals surface area (Å²) in [4.78, 5) is 6.45.